The summed E-state index contributed by atoms with van der Waals surface area (Å²) in [6.45, 7) is 6.49. The first-order valence-electron chi connectivity index (χ1n) is 9.28. The van der Waals surface area contributed by atoms with Crippen LogP contribution in [0, 0.1) is 12.8 Å². The molecule has 0 fully saturated rings. The first-order valence-corrected chi connectivity index (χ1v) is 10.1. The molecule has 3 rings (SSSR count). The Balaban J connectivity index is 1.86. The van der Waals surface area contributed by atoms with Gasteiger partial charge in [-0.1, -0.05) is 54.0 Å². The fraction of sp³-hybridized carbons (Fsp3) is 0.364. The first kappa shape index (κ1) is 19.6. The van der Waals surface area contributed by atoms with Crippen molar-refractivity contribution in [2.24, 2.45) is 5.92 Å². The lowest BCUT2D eigenvalue weighted by atomic mass is 9.92. The average molecular weight is 429 g/mol. The lowest BCUT2D eigenvalue weighted by molar-refractivity contribution is -0.140. The molecule has 0 aromatic heterocycles. The van der Waals surface area contributed by atoms with E-state index in [1.165, 1.54) is 0 Å². The van der Waals surface area contributed by atoms with Crippen molar-refractivity contribution in [1.82, 2.24) is 4.90 Å². The van der Waals surface area contributed by atoms with E-state index < -0.39 is 6.04 Å². The van der Waals surface area contributed by atoms with E-state index in [4.69, 9.17) is 0 Å². The molecule has 27 heavy (non-hydrogen) atoms. The first-order chi connectivity index (χ1) is 12.8. The molecule has 2 aromatic carbocycles. The predicted molar refractivity (Wildman–Crippen MR) is 111 cm³/mol. The smallest absolute Gasteiger partial charge is 0.247 e. The lowest BCUT2D eigenvalue weighted by Gasteiger charge is -2.36. The van der Waals surface area contributed by atoms with E-state index in [1.807, 2.05) is 63.2 Å². The molecular formula is C22H25BrN2O2. The van der Waals surface area contributed by atoms with Crippen LogP contribution in [-0.4, -0.2) is 22.8 Å². The number of carbonyl (C=O) groups excluding carboxylic acids is 2. The van der Waals surface area contributed by atoms with Gasteiger partial charge in [0.05, 0.1) is 0 Å². The number of nitrogens with zero attached hydrogens (tertiary/aromatic N) is 1. The zero-order valence-electron chi connectivity index (χ0n) is 16.0. The van der Waals surface area contributed by atoms with Crippen LogP contribution in [-0.2, 0) is 22.6 Å². The van der Waals surface area contributed by atoms with Crippen LogP contribution < -0.4 is 5.32 Å². The lowest BCUT2D eigenvalue weighted by Crippen LogP contribution is -2.50. The molecule has 2 aromatic rings. The zero-order valence-corrected chi connectivity index (χ0v) is 17.5. The number of rotatable bonds is 4. The predicted octanol–water partition coefficient (Wildman–Crippen LogP) is 4.70. The second-order valence-electron chi connectivity index (χ2n) is 7.56. The maximum absolute atomic E-state index is 13.1. The van der Waals surface area contributed by atoms with Crippen molar-refractivity contribution >= 4 is 33.4 Å². The summed E-state index contributed by atoms with van der Waals surface area (Å²) in [5.74, 6) is 0.159. The molecule has 0 saturated carbocycles. The molecule has 0 aliphatic carbocycles. The number of aryl methyl sites for hydroxylation is 1. The summed E-state index contributed by atoms with van der Waals surface area (Å²) in [5.41, 5.74) is 4.02. The minimum atomic E-state index is -0.491. The van der Waals surface area contributed by atoms with Crippen LogP contribution in [0.25, 0.3) is 0 Å². The Kier molecular flexibility index (Phi) is 6.00. The van der Waals surface area contributed by atoms with E-state index in [-0.39, 0.29) is 17.7 Å². The second kappa shape index (κ2) is 8.26. The Hall–Kier alpha value is -2.14. The van der Waals surface area contributed by atoms with Crippen LogP contribution in [0.5, 0.6) is 0 Å². The van der Waals surface area contributed by atoms with Crippen LogP contribution in [0.4, 0.5) is 5.69 Å². The number of amides is 2. The summed E-state index contributed by atoms with van der Waals surface area (Å²) < 4.78 is 0.971. The van der Waals surface area contributed by atoms with Crippen molar-refractivity contribution in [2.45, 2.75) is 46.2 Å². The topological polar surface area (TPSA) is 49.4 Å². The van der Waals surface area contributed by atoms with Gasteiger partial charge in [-0.3, -0.25) is 9.59 Å². The van der Waals surface area contributed by atoms with Crippen LogP contribution in [0.2, 0.25) is 0 Å². The van der Waals surface area contributed by atoms with Gasteiger partial charge in [0, 0.05) is 29.5 Å². The molecule has 1 heterocycles. The van der Waals surface area contributed by atoms with Gasteiger partial charge >= 0.3 is 0 Å². The van der Waals surface area contributed by atoms with Crippen LogP contribution in [0.3, 0.4) is 0 Å². The molecule has 1 atom stereocenters. The van der Waals surface area contributed by atoms with E-state index in [0.29, 0.717) is 19.4 Å². The van der Waals surface area contributed by atoms with E-state index in [9.17, 15) is 9.59 Å². The Labute approximate surface area is 169 Å². The van der Waals surface area contributed by atoms with Crippen LogP contribution >= 0.6 is 15.9 Å². The highest BCUT2D eigenvalue weighted by Gasteiger charge is 2.34. The molecule has 1 aliphatic rings. The monoisotopic (exact) mass is 428 g/mol. The summed E-state index contributed by atoms with van der Waals surface area (Å²) in [6, 6.07) is 13.3. The number of nitrogens with one attached hydrogen (secondary N) is 1. The minimum absolute atomic E-state index is 0.0344. The average Bonchev–Trinajstić information content (AvgIpc) is 2.62. The molecule has 142 valence electrons. The molecule has 0 saturated heterocycles. The fourth-order valence-corrected chi connectivity index (χ4v) is 3.94. The quantitative estimate of drug-likeness (QED) is 0.767. The fourth-order valence-electron chi connectivity index (χ4n) is 3.47. The Morgan fingerprint density at radius 3 is 2.56 bits per heavy atom. The van der Waals surface area contributed by atoms with Crippen molar-refractivity contribution in [2.75, 3.05) is 5.32 Å². The van der Waals surface area contributed by atoms with Gasteiger partial charge in [0.15, 0.2) is 0 Å². The standard InChI is InChI=1S/C22H25BrN2O2/c1-14(2)10-21(26)25-13-17-7-5-4-6-16(17)12-20(25)22(27)24-19-9-8-18(23)11-15(19)3/h4-9,11,14,20H,10,12-13H2,1-3H3,(H,24,27). The van der Waals surface area contributed by atoms with Crippen molar-refractivity contribution in [3.05, 3.63) is 63.6 Å². The molecule has 1 N–H and O–H groups in total. The third-order valence-electron chi connectivity index (χ3n) is 4.90. The molecule has 4 nitrogen and oxygen atoms in total. The van der Waals surface area contributed by atoms with E-state index in [0.717, 1.165) is 26.9 Å². The molecule has 1 aliphatic heterocycles. The van der Waals surface area contributed by atoms with E-state index >= 15 is 0 Å². The van der Waals surface area contributed by atoms with Crippen LogP contribution in [0.1, 0.15) is 37.0 Å². The number of halogens is 1. The van der Waals surface area contributed by atoms with Gasteiger partial charge < -0.3 is 10.2 Å². The van der Waals surface area contributed by atoms with Crippen LogP contribution in [0.15, 0.2) is 46.9 Å². The third kappa shape index (κ3) is 4.59. The molecule has 5 heteroatoms. The van der Waals surface area contributed by atoms with Crippen molar-refractivity contribution in [1.29, 1.82) is 0 Å². The van der Waals surface area contributed by atoms with Gasteiger partial charge in [-0.25, -0.2) is 0 Å². The molecule has 1 unspecified atom stereocenters. The molecular weight excluding hydrogens is 404 g/mol. The van der Waals surface area contributed by atoms with Gasteiger partial charge in [0.2, 0.25) is 11.8 Å². The highest BCUT2D eigenvalue weighted by molar-refractivity contribution is 9.10. The number of carbonyl (C=O) groups is 2. The Morgan fingerprint density at radius 1 is 1.19 bits per heavy atom. The summed E-state index contributed by atoms with van der Waals surface area (Å²) in [7, 11) is 0. The van der Waals surface area contributed by atoms with Crippen molar-refractivity contribution in [3.8, 4) is 0 Å². The molecule has 0 bridgehead atoms. The molecule has 0 spiro atoms. The normalized spacial score (nSPS) is 16.2. The third-order valence-corrected chi connectivity index (χ3v) is 5.39. The Bertz CT molecular complexity index is 863. The maximum Gasteiger partial charge on any atom is 0.247 e. The Morgan fingerprint density at radius 2 is 1.89 bits per heavy atom. The number of hydrogen-bond donors (Lipinski definition) is 1. The highest BCUT2D eigenvalue weighted by Crippen LogP contribution is 2.27. The van der Waals surface area contributed by atoms with E-state index in [2.05, 4.69) is 21.2 Å². The van der Waals surface area contributed by atoms with Crippen molar-refractivity contribution in [3.63, 3.8) is 0 Å². The van der Waals surface area contributed by atoms with E-state index in [1.54, 1.807) is 4.90 Å². The second-order valence-corrected chi connectivity index (χ2v) is 8.47. The van der Waals surface area contributed by atoms with Gasteiger partial charge in [-0.2, -0.15) is 0 Å². The van der Waals surface area contributed by atoms with Crippen molar-refractivity contribution < 1.29 is 9.59 Å². The molecule has 0 radical (unpaired) electrons. The van der Waals surface area contributed by atoms with Gasteiger partial charge in [-0.15, -0.1) is 0 Å². The van der Waals surface area contributed by atoms with Gasteiger partial charge in [0.1, 0.15) is 6.04 Å². The summed E-state index contributed by atoms with van der Waals surface area (Å²) >= 11 is 3.44. The summed E-state index contributed by atoms with van der Waals surface area (Å²) in [4.78, 5) is 27.7. The maximum atomic E-state index is 13.1. The minimum Gasteiger partial charge on any atom is -0.326 e. The largest absolute Gasteiger partial charge is 0.326 e. The summed E-state index contributed by atoms with van der Waals surface area (Å²) in [6.07, 6.45) is 0.991. The zero-order chi connectivity index (χ0) is 19.6. The van der Waals surface area contributed by atoms with Gasteiger partial charge in [0.25, 0.3) is 0 Å². The number of benzene rings is 2. The SMILES string of the molecule is Cc1cc(Br)ccc1NC(=O)C1Cc2ccccc2CN1C(=O)CC(C)C. The highest BCUT2D eigenvalue weighted by atomic mass is 79.9. The molecule has 2 amide bonds. The number of anilines is 1. The number of fused-ring (bicyclic) bond motifs is 1. The number of hydrogen-bond acceptors (Lipinski definition) is 2. The van der Waals surface area contributed by atoms with Gasteiger partial charge in [-0.05, 0) is 47.7 Å². The summed E-state index contributed by atoms with van der Waals surface area (Å²) in [5, 5.41) is 3.02.